The summed E-state index contributed by atoms with van der Waals surface area (Å²) in [5.74, 6) is 1.30. The summed E-state index contributed by atoms with van der Waals surface area (Å²) >= 11 is 0. The molecule has 1 amide bonds. The van der Waals surface area contributed by atoms with E-state index in [2.05, 4.69) is 30.1 Å². The average molecular weight is 461 g/mol. The summed E-state index contributed by atoms with van der Waals surface area (Å²) < 4.78 is 0. The normalized spacial score (nSPS) is 16.3. The summed E-state index contributed by atoms with van der Waals surface area (Å²) in [4.78, 5) is 28.7. The highest BCUT2D eigenvalue weighted by Gasteiger charge is 2.35. The van der Waals surface area contributed by atoms with Gasteiger partial charge in [-0.15, -0.1) is 24.0 Å². The van der Waals surface area contributed by atoms with Gasteiger partial charge in [-0.25, -0.2) is 9.97 Å². The molecule has 9 heteroatoms. The van der Waals surface area contributed by atoms with Gasteiger partial charge < -0.3 is 16.0 Å². The van der Waals surface area contributed by atoms with Gasteiger partial charge in [-0.1, -0.05) is 0 Å². The number of guanidine groups is 1. The third kappa shape index (κ3) is 5.50. The fraction of sp³-hybridized carbons (Fsp3) is 0.625. The first-order valence-electron chi connectivity index (χ1n) is 8.13. The minimum absolute atomic E-state index is 0. The highest BCUT2D eigenvalue weighted by molar-refractivity contribution is 14.0. The molecule has 1 aromatic heterocycles. The molecule has 1 aliphatic heterocycles. The average Bonchev–Trinajstić information content (AvgIpc) is 2.56. The summed E-state index contributed by atoms with van der Waals surface area (Å²) in [5.41, 5.74) is 5.81. The molecule has 0 spiro atoms. The first-order valence-corrected chi connectivity index (χ1v) is 8.13. The van der Waals surface area contributed by atoms with Crippen LogP contribution >= 0.6 is 24.0 Å². The zero-order valence-electron chi connectivity index (χ0n) is 15.3. The predicted octanol–water partition coefficient (Wildman–Crippen LogP) is 0.360. The van der Waals surface area contributed by atoms with E-state index in [1.54, 1.807) is 13.2 Å². The molecule has 0 bridgehead atoms. The standard InChI is InChI=1S/C16H27N7O.HI/c1-12-19-6-5-13(21-12)11-20-15(18-4)22-7-9-23(10-8-22)16(2,3)14(17)24;/h5-6H,7-11H2,1-4H3,(H2,17,24)(H,18,20);1H. The molecular weight excluding hydrogens is 433 g/mol. The molecule has 25 heavy (non-hydrogen) atoms. The topological polar surface area (TPSA) is 99.7 Å². The molecule has 1 fully saturated rings. The van der Waals surface area contributed by atoms with Crippen LogP contribution < -0.4 is 11.1 Å². The number of carbonyl (C=O) groups excluding carboxylic acids is 1. The summed E-state index contributed by atoms with van der Waals surface area (Å²) in [6.07, 6.45) is 1.76. The summed E-state index contributed by atoms with van der Waals surface area (Å²) in [6.45, 7) is 9.33. The third-order valence-electron chi connectivity index (χ3n) is 4.45. The highest BCUT2D eigenvalue weighted by Crippen LogP contribution is 2.16. The van der Waals surface area contributed by atoms with Gasteiger partial charge in [0.05, 0.1) is 17.8 Å². The van der Waals surface area contributed by atoms with E-state index in [1.807, 2.05) is 26.8 Å². The van der Waals surface area contributed by atoms with Crippen molar-refractivity contribution in [1.29, 1.82) is 0 Å². The number of halogens is 1. The number of aliphatic imine (C=N–C) groups is 1. The summed E-state index contributed by atoms with van der Waals surface area (Å²) in [6, 6.07) is 1.89. The van der Waals surface area contributed by atoms with Crippen molar-refractivity contribution in [2.24, 2.45) is 10.7 Å². The van der Waals surface area contributed by atoms with E-state index in [9.17, 15) is 4.79 Å². The Balaban J connectivity index is 0.00000312. The maximum atomic E-state index is 11.6. The number of nitrogens with two attached hydrogens (primary N) is 1. The fourth-order valence-electron chi connectivity index (χ4n) is 2.74. The molecule has 8 nitrogen and oxygen atoms in total. The molecule has 2 rings (SSSR count). The van der Waals surface area contributed by atoms with Crippen LogP contribution in [-0.2, 0) is 11.3 Å². The van der Waals surface area contributed by atoms with Crippen molar-refractivity contribution in [3.8, 4) is 0 Å². The lowest BCUT2D eigenvalue weighted by atomic mass is 10.0. The molecule has 140 valence electrons. The zero-order chi connectivity index (χ0) is 17.7. The maximum Gasteiger partial charge on any atom is 0.237 e. The van der Waals surface area contributed by atoms with E-state index in [-0.39, 0.29) is 29.9 Å². The zero-order valence-corrected chi connectivity index (χ0v) is 17.7. The number of nitrogens with one attached hydrogen (secondary N) is 1. The van der Waals surface area contributed by atoms with Crippen LogP contribution in [0.5, 0.6) is 0 Å². The van der Waals surface area contributed by atoms with E-state index >= 15 is 0 Å². The Morgan fingerprint density at radius 1 is 1.36 bits per heavy atom. The molecular formula is C16H28IN7O. The third-order valence-corrected chi connectivity index (χ3v) is 4.45. The van der Waals surface area contributed by atoms with Crippen molar-refractivity contribution >= 4 is 35.8 Å². The lowest BCUT2D eigenvalue weighted by Gasteiger charge is -2.43. The van der Waals surface area contributed by atoms with Crippen LogP contribution in [0.4, 0.5) is 0 Å². The first-order chi connectivity index (χ1) is 11.3. The van der Waals surface area contributed by atoms with E-state index in [0.29, 0.717) is 6.54 Å². The van der Waals surface area contributed by atoms with Crippen molar-refractivity contribution in [2.45, 2.75) is 32.9 Å². The Morgan fingerprint density at radius 2 is 2.00 bits per heavy atom. The number of nitrogens with zero attached hydrogens (tertiary/aromatic N) is 5. The lowest BCUT2D eigenvalue weighted by molar-refractivity contribution is -0.129. The van der Waals surface area contributed by atoms with Crippen LogP contribution in [0, 0.1) is 6.92 Å². The summed E-state index contributed by atoms with van der Waals surface area (Å²) in [5, 5.41) is 3.33. The number of aromatic nitrogens is 2. The van der Waals surface area contributed by atoms with E-state index in [1.165, 1.54) is 0 Å². The van der Waals surface area contributed by atoms with Crippen molar-refractivity contribution in [2.75, 3.05) is 33.2 Å². The monoisotopic (exact) mass is 461 g/mol. The Morgan fingerprint density at radius 3 is 2.52 bits per heavy atom. The molecule has 0 aliphatic carbocycles. The number of primary amides is 1. The Kier molecular flexibility index (Phi) is 8.00. The SMILES string of the molecule is CN=C(NCc1ccnc(C)n1)N1CCN(C(C)(C)C(N)=O)CC1.I. The molecule has 1 aromatic rings. The number of hydrogen-bond donors (Lipinski definition) is 2. The van der Waals surface area contributed by atoms with Crippen LogP contribution in [0.15, 0.2) is 17.3 Å². The van der Waals surface area contributed by atoms with Crippen LogP contribution in [-0.4, -0.2) is 70.4 Å². The molecule has 0 saturated carbocycles. The maximum absolute atomic E-state index is 11.6. The Labute approximate surface area is 166 Å². The second-order valence-electron chi connectivity index (χ2n) is 6.39. The van der Waals surface area contributed by atoms with Gasteiger partial charge in [0.1, 0.15) is 5.82 Å². The van der Waals surface area contributed by atoms with E-state index in [0.717, 1.165) is 43.7 Å². The van der Waals surface area contributed by atoms with Gasteiger partial charge in [0.15, 0.2) is 5.96 Å². The Hall–Kier alpha value is -1.49. The largest absolute Gasteiger partial charge is 0.368 e. The van der Waals surface area contributed by atoms with Gasteiger partial charge in [-0.3, -0.25) is 14.7 Å². The number of aryl methyl sites for hydroxylation is 1. The molecule has 0 aromatic carbocycles. The van der Waals surface area contributed by atoms with E-state index in [4.69, 9.17) is 5.73 Å². The van der Waals surface area contributed by atoms with Gasteiger partial charge in [0.25, 0.3) is 0 Å². The number of hydrogen-bond acceptors (Lipinski definition) is 5. The molecule has 2 heterocycles. The molecule has 0 atom stereocenters. The number of piperazine rings is 1. The second kappa shape index (κ2) is 9.27. The predicted molar refractivity (Wildman–Crippen MR) is 109 cm³/mol. The highest BCUT2D eigenvalue weighted by atomic mass is 127. The van der Waals surface area contributed by atoms with Crippen LogP contribution in [0.2, 0.25) is 0 Å². The number of amides is 1. The number of rotatable bonds is 4. The van der Waals surface area contributed by atoms with Crippen LogP contribution in [0.25, 0.3) is 0 Å². The van der Waals surface area contributed by atoms with Gasteiger partial charge >= 0.3 is 0 Å². The minimum Gasteiger partial charge on any atom is -0.368 e. The van der Waals surface area contributed by atoms with Gasteiger partial charge in [-0.2, -0.15) is 0 Å². The quantitative estimate of drug-likeness (QED) is 0.382. The first kappa shape index (κ1) is 21.6. The fourth-order valence-corrected chi connectivity index (χ4v) is 2.74. The molecule has 0 radical (unpaired) electrons. The minimum atomic E-state index is -0.623. The summed E-state index contributed by atoms with van der Waals surface area (Å²) in [7, 11) is 1.77. The number of carbonyl (C=O) groups is 1. The molecule has 3 N–H and O–H groups in total. The molecule has 1 aliphatic rings. The Bertz CT molecular complexity index is 612. The van der Waals surface area contributed by atoms with Gasteiger partial charge in [-0.05, 0) is 26.8 Å². The van der Waals surface area contributed by atoms with Gasteiger partial charge in [0, 0.05) is 39.4 Å². The second-order valence-corrected chi connectivity index (χ2v) is 6.39. The van der Waals surface area contributed by atoms with Crippen molar-refractivity contribution < 1.29 is 4.79 Å². The lowest BCUT2D eigenvalue weighted by Crippen LogP contribution is -2.61. The molecule has 1 saturated heterocycles. The van der Waals surface area contributed by atoms with Gasteiger partial charge in [0.2, 0.25) is 5.91 Å². The van der Waals surface area contributed by atoms with Crippen molar-refractivity contribution in [3.63, 3.8) is 0 Å². The smallest absolute Gasteiger partial charge is 0.237 e. The van der Waals surface area contributed by atoms with Crippen molar-refractivity contribution in [1.82, 2.24) is 25.1 Å². The van der Waals surface area contributed by atoms with Crippen LogP contribution in [0.1, 0.15) is 25.4 Å². The van der Waals surface area contributed by atoms with E-state index < -0.39 is 5.54 Å². The van der Waals surface area contributed by atoms with Crippen LogP contribution in [0.3, 0.4) is 0 Å². The molecule has 0 unspecified atom stereocenters. The van der Waals surface area contributed by atoms with Crippen molar-refractivity contribution in [3.05, 3.63) is 23.8 Å².